The first-order valence-electron chi connectivity index (χ1n) is 10.6. The fourth-order valence-electron chi connectivity index (χ4n) is 4.72. The number of anilines is 1. The molecule has 0 bridgehead atoms. The molecule has 2 aliphatic heterocycles. The zero-order chi connectivity index (χ0) is 18.7. The number of hydrogen-bond donors (Lipinski definition) is 0. The van der Waals surface area contributed by atoms with E-state index in [0.29, 0.717) is 11.3 Å². The van der Waals surface area contributed by atoms with E-state index in [4.69, 9.17) is 0 Å². The largest absolute Gasteiger partial charge is 0.366 e. The number of hydrogen-bond acceptors (Lipinski definition) is 5. The van der Waals surface area contributed by atoms with Crippen LogP contribution in [-0.4, -0.2) is 71.6 Å². The number of aromatic nitrogens is 2. The van der Waals surface area contributed by atoms with Crippen LogP contribution in [0.15, 0.2) is 12.4 Å². The standard InChI is InChI=1S/C19H31N5.C2H6/c1-4-22-13-19(14-22)9-16(10-19)23-5-7-24(8-6-23)17-11-20-18(15(2)3)21-12-17;1-2/h11-12,15-16H,4-10,13-14H2,1-3H3;1-2H3. The van der Waals surface area contributed by atoms with Gasteiger partial charge in [-0.2, -0.15) is 0 Å². The van der Waals surface area contributed by atoms with Gasteiger partial charge in [-0.05, 0) is 24.8 Å². The molecule has 0 unspecified atom stereocenters. The van der Waals surface area contributed by atoms with Gasteiger partial charge in [0.25, 0.3) is 0 Å². The molecular formula is C21H37N5. The Morgan fingerprint density at radius 2 is 1.62 bits per heavy atom. The van der Waals surface area contributed by atoms with Crippen LogP contribution in [0.4, 0.5) is 5.69 Å². The lowest BCUT2D eigenvalue weighted by atomic mass is 9.60. The Morgan fingerprint density at radius 3 is 2.12 bits per heavy atom. The average Bonchev–Trinajstić information content (AvgIpc) is 2.62. The van der Waals surface area contributed by atoms with Gasteiger partial charge >= 0.3 is 0 Å². The highest BCUT2D eigenvalue weighted by Crippen LogP contribution is 2.50. The predicted octanol–water partition coefficient (Wildman–Crippen LogP) is 3.23. The van der Waals surface area contributed by atoms with Crippen LogP contribution in [0.1, 0.15) is 59.2 Å². The van der Waals surface area contributed by atoms with E-state index < -0.39 is 0 Å². The van der Waals surface area contributed by atoms with Crippen molar-refractivity contribution in [3.63, 3.8) is 0 Å². The van der Waals surface area contributed by atoms with Gasteiger partial charge in [-0.1, -0.05) is 34.6 Å². The third kappa shape index (κ3) is 3.89. The molecule has 4 rings (SSSR count). The summed E-state index contributed by atoms with van der Waals surface area (Å²) in [5.74, 6) is 1.34. The fourth-order valence-corrected chi connectivity index (χ4v) is 4.72. The number of piperazine rings is 1. The van der Waals surface area contributed by atoms with Gasteiger partial charge in [0.15, 0.2) is 0 Å². The second kappa shape index (κ2) is 8.22. The highest BCUT2D eigenvalue weighted by molar-refractivity contribution is 5.42. The second-order valence-electron chi connectivity index (χ2n) is 8.34. The van der Waals surface area contributed by atoms with Gasteiger partial charge in [-0.3, -0.25) is 4.90 Å². The zero-order valence-electron chi connectivity index (χ0n) is 17.4. The highest BCUT2D eigenvalue weighted by atomic mass is 15.3. The van der Waals surface area contributed by atoms with Gasteiger partial charge in [0.1, 0.15) is 5.82 Å². The molecule has 3 aliphatic rings. The molecule has 3 fully saturated rings. The average molecular weight is 360 g/mol. The fraction of sp³-hybridized carbons (Fsp3) is 0.810. The normalized spacial score (nSPS) is 23.4. The molecule has 5 heteroatoms. The van der Waals surface area contributed by atoms with Crippen molar-refractivity contribution in [1.29, 1.82) is 0 Å². The van der Waals surface area contributed by atoms with Gasteiger partial charge in [-0.25, -0.2) is 9.97 Å². The molecule has 0 aromatic carbocycles. The van der Waals surface area contributed by atoms with E-state index in [9.17, 15) is 0 Å². The smallest absolute Gasteiger partial charge is 0.130 e. The number of rotatable bonds is 4. The van der Waals surface area contributed by atoms with Crippen molar-refractivity contribution in [3.05, 3.63) is 18.2 Å². The first-order valence-corrected chi connectivity index (χ1v) is 10.6. The molecule has 1 aromatic rings. The molecule has 1 spiro atoms. The molecular weight excluding hydrogens is 322 g/mol. The molecule has 146 valence electrons. The Kier molecular flexibility index (Phi) is 6.18. The highest BCUT2D eigenvalue weighted by Gasteiger charge is 2.53. The van der Waals surface area contributed by atoms with E-state index >= 15 is 0 Å². The van der Waals surface area contributed by atoms with Crippen molar-refractivity contribution in [2.45, 2.75) is 59.4 Å². The topological polar surface area (TPSA) is 35.5 Å². The molecule has 2 saturated heterocycles. The first kappa shape index (κ1) is 19.6. The number of nitrogens with zero attached hydrogens (tertiary/aromatic N) is 5. The summed E-state index contributed by atoms with van der Waals surface area (Å²) in [7, 11) is 0. The van der Waals surface area contributed by atoms with Crippen LogP contribution in [0, 0.1) is 5.41 Å². The van der Waals surface area contributed by atoms with Crippen LogP contribution in [-0.2, 0) is 0 Å². The Bertz CT molecular complexity index is 548. The minimum absolute atomic E-state index is 0.400. The lowest BCUT2D eigenvalue weighted by molar-refractivity contribution is -0.107. The molecule has 5 nitrogen and oxygen atoms in total. The number of likely N-dealkylation sites (tertiary alicyclic amines) is 1. The molecule has 0 atom stereocenters. The van der Waals surface area contributed by atoms with Gasteiger partial charge in [-0.15, -0.1) is 0 Å². The SMILES string of the molecule is CC.CCN1CC2(CC(N3CCN(c4cnc(C(C)C)nc4)CC3)C2)C1. The van der Waals surface area contributed by atoms with Gasteiger partial charge in [0.2, 0.25) is 0 Å². The predicted molar refractivity (Wildman–Crippen MR) is 109 cm³/mol. The van der Waals surface area contributed by atoms with E-state index in [0.717, 1.165) is 25.0 Å². The van der Waals surface area contributed by atoms with E-state index in [1.807, 2.05) is 26.2 Å². The van der Waals surface area contributed by atoms with Crippen molar-refractivity contribution in [2.24, 2.45) is 5.41 Å². The summed E-state index contributed by atoms with van der Waals surface area (Å²) < 4.78 is 0. The summed E-state index contributed by atoms with van der Waals surface area (Å²) in [5, 5.41) is 0. The maximum absolute atomic E-state index is 4.52. The molecule has 1 aromatic heterocycles. The van der Waals surface area contributed by atoms with Crippen LogP contribution in [0.25, 0.3) is 0 Å². The molecule has 26 heavy (non-hydrogen) atoms. The van der Waals surface area contributed by atoms with Crippen LogP contribution in [0.2, 0.25) is 0 Å². The van der Waals surface area contributed by atoms with Crippen LogP contribution >= 0.6 is 0 Å². The lowest BCUT2D eigenvalue weighted by Gasteiger charge is -2.61. The monoisotopic (exact) mass is 359 g/mol. The Hall–Kier alpha value is -1.20. The summed E-state index contributed by atoms with van der Waals surface area (Å²) in [5.41, 5.74) is 1.87. The minimum atomic E-state index is 0.400. The molecule has 1 saturated carbocycles. The summed E-state index contributed by atoms with van der Waals surface area (Å²) in [4.78, 5) is 16.8. The minimum Gasteiger partial charge on any atom is -0.366 e. The van der Waals surface area contributed by atoms with Crippen molar-refractivity contribution < 1.29 is 0 Å². The van der Waals surface area contributed by atoms with Crippen molar-refractivity contribution in [1.82, 2.24) is 19.8 Å². The maximum Gasteiger partial charge on any atom is 0.130 e. The van der Waals surface area contributed by atoms with E-state index in [-0.39, 0.29) is 0 Å². The molecule has 1 aliphatic carbocycles. The van der Waals surface area contributed by atoms with Gasteiger partial charge < -0.3 is 9.80 Å². The summed E-state index contributed by atoms with van der Waals surface area (Å²) in [6, 6.07) is 0.839. The third-order valence-electron chi connectivity index (χ3n) is 6.27. The molecule has 3 heterocycles. The first-order chi connectivity index (χ1) is 12.6. The molecule has 0 N–H and O–H groups in total. The third-order valence-corrected chi connectivity index (χ3v) is 6.27. The van der Waals surface area contributed by atoms with Gasteiger partial charge in [0, 0.05) is 51.2 Å². The Labute approximate surface area is 159 Å². The van der Waals surface area contributed by atoms with Crippen molar-refractivity contribution in [2.75, 3.05) is 50.7 Å². The van der Waals surface area contributed by atoms with Crippen molar-refractivity contribution in [3.8, 4) is 0 Å². The van der Waals surface area contributed by atoms with Crippen LogP contribution in [0.5, 0.6) is 0 Å². The Balaban J connectivity index is 0.000000948. The van der Waals surface area contributed by atoms with Gasteiger partial charge in [0.05, 0.1) is 18.1 Å². The zero-order valence-corrected chi connectivity index (χ0v) is 17.4. The van der Waals surface area contributed by atoms with Crippen LogP contribution in [0.3, 0.4) is 0 Å². The summed E-state index contributed by atoms with van der Waals surface area (Å²) >= 11 is 0. The lowest BCUT2D eigenvalue weighted by Crippen LogP contribution is -2.67. The van der Waals surface area contributed by atoms with E-state index in [1.165, 1.54) is 51.3 Å². The molecule has 0 amide bonds. The second-order valence-corrected chi connectivity index (χ2v) is 8.34. The maximum atomic E-state index is 4.52. The van der Waals surface area contributed by atoms with E-state index in [1.54, 1.807) is 0 Å². The summed E-state index contributed by atoms with van der Waals surface area (Å²) in [6.07, 6.45) is 6.86. The van der Waals surface area contributed by atoms with Crippen LogP contribution < -0.4 is 4.90 Å². The van der Waals surface area contributed by atoms with E-state index in [2.05, 4.69) is 45.4 Å². The Morgan fingerprint density at radius 1 is 1.04 bits per heavy atom. The molecule has 0 radical (unpaired) electrons. The summed E-state index contributed by atoms with van der Waals surface area (Å²) in [6.45, 7) is 19.1. The quantitative estimate of drug-likeness (QED) is 0.825. The van der Waals surface area contributed by atoms with Crippen molar-refractivity contribution >= 4 is 5.69 Å².